The quantitative estimate of drug-likeness (QED) is 0.676. The fourth-order valence-corrected chi connectivity index (χ4v) is 1.92. The molecule has 2 rings (SSSR count). The number of carbonyl (C=O) groups is 1. The molecule has 0 saturated heterocycles. The molecule has 1 aromatic carbocycles. The third-order valence-corrected chi connectivity index (χ3v) is 3.08. The van der Waals surface area contributed by atoms with E-state index >= 15 is 0 Å². The molecule has 0 spiro atoms. The lowest BCUT2D eigenvalue weighted by Crippen LogP contribution is -2.02. The minimum Gasteiger partial charge on any atom is -0.476 e. The van der Waals surface area contributed by atoms with Gasteiger partial charge in [-0.25, -0.2) is 9.48 Å². The van der Waals surface area contributed by atoms with Crippen LogP contribution in [-0.2, 0) is 6.54 Å². The van der Waals surface area contributed by atoms with Crippen molar-refractivity contribution < 1.29 is 14.8 Å². The highest BCUT2D eigenvalue weighted by molar-refractivity contribution is 9.10. The Hall–Kier alpha value is -2.29. The molecule has 0 saturated carbocycles. The Balaban J connectivity index is 2.23. The minimum atomic E-state index is -1.16. The van der Waals surface area contributed by atoms with Crippen molar-refractivity contribution in [2.24, 2.45) is 0 Å². The molecule has 8 nitrogen and oxygen atoms in total. The van der Waals surface area contributed by atoms with Crippen LogP contribution in [0.4, 0.5) is 5.69 Å². The molecular formula is C10H7BrN4O4. The first-order valence-electron chi connectivity index (χ1n) is 5.03. The van der Waals surface area contributed by atoms with Crippen LogP contribution < -0.4 is 0 Å². The molecule has 0 aliphatic carbocycles. The van der Waals surface area contributed by atoms with Gasteiger partial charge in [0.25, 0.3) is 5.69 Å². The first-order valence-corrected chi connectivity index (χ1v) is 5.83. The molecule has 0 aliphatic heterocycles. The molecule has 1 N–H and O–H groups in total. The van der Waals surface area contributed by atoms with Crippen molar-refractivity contribution in [2.75, 3.05) is 0 Å². The van der Waals surface area contributed by atoms with Gasteiger partial charge in [0, 0.05) is 16.6 Å². The van der Waals surface area contributed by atoms with Gasteiger partial charge in [0.15, 0.2) is 5.69 Å². The summed E-state index contributed by atoms with van der Waals surface area (Å²) in [5.74, 6) is -1.16. The summed E-state index contributed by atoms with van der Waals surface area (Å²) in [5.41, 5.74) is 0.547. The molecule has 19 heavy (non-hydrogen) atoms. The molecule has 0 unspecified atom stereocenters. The van der Waals surface area contributed by atoms with Gasteiger partial charge in [0.2, 0.25) is 0 Å². The highest BCUT2D eigenvalue weighted by Crippen LogP contribution is 2.23. The van der Waals surface area contributed by atoms with Crippen LogP contribution in [-0.4, -0.2) is 31.0 Å². The van der Waals surface area contributed by atoms with Crippen LogP contribution in [0.2, 0.25) is 0 Å². The lowest BCUT2D eigenvalue weighted by atomic mass is 10.2. The van der Waals surface area contributed by atoms with E-state index in [9.17, 15) is 14.9 Å². The largest absolute Gasteiger partial charge is 0.476 e. The maximum Gasteiger partial charge on any atom is 0.358 e. The van der Waals surface area contributed by atoms with E-state index in [-0.39, 0.29) is 17.9 Å². The second kappa shape index (κ2) is 5.14. The van der Waals surface area contributed by atoms with Gasteiger partial charge in [-0.05, 0) is 11.6 Å². The monoisotopic (exact) mass is 326 g/mol. The van der Waals surface area contributed by atoms with E-state index in [0.29, 0.717) is 4.47 Å². The first kappa shape index (κ1) is 13.1. The van der Waals surface area contributed by atoms with E-state index in [1.165, 1.54) is 23.0 Å². The van der Waals surface area contributed by atoms with Gasteiger partial charge in [0.05, 0.1) is 17.7 Å². The molecule has 1 heterocycles. The van der Waals surface area contributed by atoms with E-state index in [0.717, 1.165) is 5.56 Å². The maximum absolute atomic E-state index is 10.7. The molecular weight excluding hydrogens is 320 g/mol. The molecule has 9 heteroatoms. The Bertz CT molecular complexity index is 655. The van der Waals surface area contributed by atoms with Gasteiger partial charge in [-0.15, -0.1) is 5.10 Å². The van der Waals surface area contributed by atoms with Crippen LogP contribution in [0.25, 0.3) is 0 Å². The van der Waals surface area contributed by atoms with Gasteiger partial charge in [-0.1, -0.05) is 21.1 Å². The van der Waals surface area contributed by atoms with Crippen molar-refractivity contribution in [3.63, 3.8) is 0 Å². The average Bonchev–Trinajstić information content (AvgIpc) is 2.80. The second-order valence-corrected chi connectivity index (χ2v) is 4.49. The van der Waals surface area contributed by atoms with E-state index in [4.69, 9.17) is 5.11 Å². The van der Waals surface area contributed by atoms with Gasteiger partial charge >= 0.3 is 5.97 Å². The molecule has 0 atom stereocenters. The van der Waals surface area contributed by atoms with E-state index < -0.39 is 10.9 Å². The highest BCUT2D eigenvalue weighted by atomic mass is 79.9. The number of carboxylic acids is 1. The predicted octanol–water partition coefficient (Wildman–Crippen LogP) is 1.70. The van der Waals surface area contributed by atoms with Crippen LogP contribution in [0.3, 0.4) is 0 Å². The predicted molar refractivity (Wildman–Crippen MR) is 66.9 cm³/mol. The zero-order valence-electron chi connectivity index (χ0n) is 9.36. The number of nitro benzene ring substituents is 1. The summed E-state index contributed by atoms with van der Waals surface area (Å²) in [4.78, 5) is 20.8. The Morgan fingerprint density at radius 3 is 2.79 bits per heavy atom. The van der Waals surface area contributed by atoms with Crippen molar-refractivity contribution >= 4 is 27.6 Å². The fraction of sp³-hybridized carbons (Fsp3) is 0.100. The van der Waals surface area contributed by atoms with Crippen LogP contribution in [0, 0.1) is 10.1 Å². The highest BCUT2D eigenvalue weighted by Gasteiger charge is 2.12. The summed E-state index contributed by atoms with van der Waals surface area (Å²) in [7, 11) is 0. The van der Waals surface area contributed by atoms with Gasteiger partial charge in [-0.3, -0.25) is 10.1 Å². The van der Waals surface area contributed by atoms with E-state index in [1.807, 2.05) is 0 Å². The van der Waals surface area contributed by atoms with Crippen molar-refractivity contribution in [3.05, 3.63) is 50.2 Å². The number of aromatic carboxylic acids is 1. The molecule has 0 amide bonds. The topological polar surface area (TPSA) is 111 Å². The molecule has 98 valence electrons. The van der Waals surface area contributed by atoms with Gasteiger partial charge < -0.3 is 5.11 Å². The average molecular weight is 327 g/mol. The normalized spacial score (nSPS) is 10.4. The SMILES string of the molecule is O=C(O)c1cn(Cc2ccc([N+](=O)[O-])cc2Br)nn1. The fourth-order valence-electron chi connectivity index (χ4n) is 1.43. The summed E-state index contributed by atoms with van der Waals surface area (Å²) in [6, 6.07) is 4.32. The molecule has 2 aromatic rings. The van der Waals surface area contributed by atoms with Crippen LogP contribution in [0.5, 0.6) is 0 Å². The number of nitro groups is 1. The minimum absolute atomic E-state index is 0.0274. The van der Waals surface area contributed by atoms with Crippen molar-refractivity contribution in [1.29, 1.82) is 0 Å². The molecule has 0 fully saturated rings. The molecule has 0 bridgehead atoms. The second-order valence-electron chi connectivity index (χ2n) is 3.64. The van der Waals surface area contributed by atoms with E-state index in [2.05, 4.69) is 26.2 Å². The Morgan fingerprint density at radius 2 is 2.26 bits per heavy atom. The maximum atomic E-state index is 10.7. The zero-order valence-corrected chi connectivity index (χ0v) is 10.9. The number of benzene rings is 1. The summed E-state index contributed by atoms with van der Waals surface area (Å²) < 4.78 is 1.89. The number of rotatable bonds is 4. The number of carboxylic acid groups (broad SMARTS) is 1. The Labute approximate surface area is 114 Å². The lowest BCUT2D eigenvalue weighted by Gasteiger charge is -2.03. The van der Waals surface area contributed by atoms with Crippen LogP contribution >= 0.6 is 15.9 Å². The first-order chi connectivity index (χ1) is 8.97. The summed E-state index contributed by atoms with van der Waals surface area (Å²) in [6.45, 7) is 0.263. The van der Waals surface area contributed by atoms with Gasteiger partial charge in [-0.2, -0.15) is 0 Å². The third kappa shape index (κ3) is 2.94. The van der Waals surface area contributed by atoms with Crippen LogP contribution in [0.1, 0.15) is 16.1 Å². The third-order valence-electron chi connectivity index (χ3n) is 2.34. The molecule has 0 aliphatic rings. The van der Waals surface area contributed by atoms with E-state index in [1.54, 1.807) is 6.07 Å². The summed E-state index contributed by atoms with van der Waals surface area (Å²) >= 11 is 3.23. The van der Waals surface area contributed by atoms with Gasteiger partial charge in [0.1, 0.15) is 0 Å². The number of hydrogen-bond acceptors (Lipinski definition) is 5. The van der Waals surface area contributed by atoms with Crippen molar-refractivity contribution in [2.45, 2.75) is 6.54 Å². The zero-order chi connectivity index (χ0) is 14.0. The summed E-state index contributed by atoms with van der Waals surface area (Å²) in [5, 5.41) is 26.4. The molecule has 1 aromatic heterocycles. The number of halogens is 1. The Kier molecular flexibility index (Phi) is 3.56. The number of aromatic nitrogens is 3. The van der Waals surface area contributed by atoms with Crippen molar-refractivity contribution in [3.8, 4) is 0 Å². The molecule has 0 radical (unpaired) electrons. The number of nitrogens with zero attached hydrogens (tertiary/aromatic N) is 4. The lowest BCUT2D eigenvalue weighted by molar-refractivity contribution is -0.384. The smallest absolute Gasteiger partial charge is 0.358 e. The Morgan fingerprint density at radius 1 is 1.53 bits per heavy atom. The van der Waals surface area contributed by atoms with Crippen LogP contribution in [0.15, 0.2) is 28.9 Å². The number of non-ortho nitro benzene ring substituents is 1. The summed E-state index contributed by atoms with van der Waals surface area (Å²) in [6.07, 6.45) is 1.29. The number of hydrogen-bond donors (Lipinski definition) is 1. The standard InChI is InChI=1S/C10H7BrN4O4/c11-8-3-7(15(18)19)2-1-6(8)4-14-5-9(10(16)17)12-13-14/h1-3,5H,4H2,(H,16,17). The van der Waals surface area contributed by atoms with Crippen molar-refractivity contribution in [1.82, 2.24) is 15.0 Å².